The van der Waals surface area contributed by atoms with Crippen molar-refractivity contribution in [3.63, 3.8) is 0 Å². The van der Waals surface area contributed by atoms with Crippen LogP contribution in [0.2, 0.25) is 0 Å². The molecule has 0 aromatic heterocycles. The van der Waals surface area contributed by atoms with Gasteiger partial charge in [-0.2, -0.15) is 0 Å². The maximum atomic E-state index is 11.9. The van der Waals surface area contributed by atoms with Crippen LogP contribution in [0, 0.1) is 23.2 Å². The molecule has 1 aliphatic heterocycles. The number of hydrogen-bond acceptors (Lipinski definition) is 3. The SMILES string of the molecule is CC1C(=O)C=CC2(C)CCC3C(=C12)OC(=O)C3C. The zero-order valence-corrected chi connectivity index (χ0v) is 11.0. The summed E-state index contributed by atoms with van der Waals surface area (Å²) in [6, 6.07) is 0. The molecule has 3 aliphatic rings. The zero-order valence-electron chi connectivity index (χ0n) is 11.0. The van der Waals surface area contributed by atoms with E-state index < -0.39 is 0 Å². The third kappa shape index (κ3) is 1.36. The third-order valence-electron chi connectivity index (χ3n) is 4.85. The number of allylic oxidation sites excluding steroid dienone is 4. The molecule has 2 aliphatic carbocycles. The summed E-state index contributed by atoms with van der Waals surface area (Å²) in [6.45, 7) is 5.99. The lowest BCUT2D eigenvalue weighted by molar-refractivity contribution is -0.138. The van der Waals surface area contributed by atoms with E-state index in [1.807, 2.05) is 19.9 Å². The molecule has 0 radical (unpaired) electrons. The van der Waals surface area contributed by atoms with Crippen molar-refractivity contribution in [3.8, 4) is 0 Å². The molecule has 3 nitrogen and oxygen atoms in total. The van der Waals surface area contributed by atoms with Gasteiger partial charge in [0.1, 0.15) is 5.76 Å². The molecule has 0 aromatic carbocycles. The molecule has 4 atom stereocenters. The number of esters is 1. The van der Waals surface area contributed by atoms with E-state index in [4.69, 9.17) is 4.74 Å². The first-order valence-corrected chi connectivity index (χ1v) is 6.63. The Kier molecular flexibility index (Phi) is 2.31. The van der Waals surface area contributed by atoms with Crippen molar-refractivity contribution < 1.29 is 14.3 Å². The van der Waals surface area contributed by atoms with E-state index >= 15 is 0 Å². The molecule has 1 saturated heterocycles. The Morgan fingerprint density at radius 2 is 2.06 bits per heavy atom. The summed E-state index contributed by atoms with van der Waals surface area (Å²) < 4.78 is 5.49. The van der Waals surface area contributed by atoms with Crippen molar-refractivity contribution in [1.82, 2.24) is 0 Å². The molecule has 0 spiro atoms. The molecule has 1 fully saturated rings. The third-order valence-corrected chi connectivity index (χ3v) is 4.85. The van der Waals surface area contributed by atoms with Crippen LogP contribution in [0.1, 0.15) is 33.6 Å². The predicted octanol–water partition coefficient (Wildman–Crippen LogP) is 2.62. The smallest absolute Gasteiger partial charge is 0.314 e. The Labute approximate surface area is 107 Å². The van der Waals surface area contributed by atoms with E-state index in [0.717, 1.165) is 24.2 Å². The van der Waals surface area contributed by atoms with E-state index in [1.165, 1.54) is 0 Å². The summed E-state index contributed by atoms with van der Waals surface area (Å²) >= 11 is 0. The standard InChI is InChI=1S/C15H18O3/c1-8-10-4-6-15(3)7-5-11(16)9(2)12(15)13(10)18-14(8)17/h5,7-10H,4,6H2,1-3H3. The Bertz CT molecular complexity index is 500. The highest BCUT2D eigenvalue weighted by molar-refractivity contribution is 5.96. The van der Waals surface area contributed by atoms with E-state index in [0.29, 0.717) is 0 Å². The molecular formula is C15H18O3. The van der Waals surface area contributed by atoms with Crippen molar-refractivity contribution in [2.75, 3.05) is 0 Å². The van der Waals surface area contributed by atoms with Gasteiger partial charge in [-0.1, -0.05) is 26.8 Å². The van der Waals surface area contributed by atoms with E-state index in [-0.39, 0.29) is 34.9 Å². The summed E-state index contributed by atoms with van der Waals surface area (Å²) in [6.07, 6.45) is 5.64. The number of carbonyl (C=O) groups excluding carboxylic acids is 2. The second-order valence-corrected chi connectivity index (χ2v) is 6.01. The van der Waals surface area contributed by atoms with Crippen molar-refractivity contribution in [3.05, 3.63) is 23.5 Å². The van der Waals surface area contributed by atoms with Crippen LogP contribution in [0.5, 0.6) is 0 Å². The van der Waals surface area contributed by atoms with Crippen LogP contribution in [-0.2, 0) is 14.3 Å². The first kappa shape index (κ1) is 11.7. The van der Waals surface area contributed by atoms with Gasteiger partial charge in [-0.3, -0.25) is 9.59 Å². The minimum atomic E-state index is -0.157. The number of hydrogen-bond donors (Lipinski definition) is 0. The predicted molar refractivity (Wildman–Crippen MR) is 66.4 cm³/mol. The number of fused-ring (bicyclic) bond motifs is 2. The summed E-state index contributed by atoms with van der Waals surface area (Å²) in [5.74, 6) is 0.738. The highest BCUT2D eigenvalue weighted by atomic mass is 16.5. The van der Waals surface area contributed by atoms with Crippen molar-refractivity contribution in [2.45, 2.75) is 33.6 Å². The number of ketones is 1. The fourth-order valence-corrected chi connectivity index (χ4v) is 3.61. The van der Waals surface area contributed by atoms with Crippen LogP contribution in [0.3, 0.4) is 0 Å². The lowest BCUT2D eigenvalue weighted by atomic mass is 9.62. The molecule has 3 rings (SSSR count). The second-order valence-electron chi connectivity index (χ2n) is 6.01. The Morgan fingerprint density at radius 3 is 2.78 bits per heavy atom. The molecule has 18 heavy (non-hydrogen) atoms. The van der Waals surface area contributed by atoms with Crippen molar-refractivity contribution in [2.24, 2.45) is 23.2 Å². The first-order chi connectivity index (χ1) is 8.44. The highest BCUT2D eigenvalue weighted by Gasteiger charge is 2.49. The quantitative estimate of drug-likeness (QED) is 0.617. The van der Waals surface area contributed by atoms with Gasteiger partial charge < -0.3 is 4.74 Å². The van der Waals surface area contributed by atoms with Crippen LogP contribution in [0.25, 0.3) is 0 Å². The Balaban J connectivity index is 2.18. The van der Waals surface area contributed by atoms with Crippen molar-refractivity contribution in [1.29, 1.82) is 0 Å². The Hall–Kier alpha value is -1.38. The molecule has 0 N–H and O–H groups in total. The fourth-order valence-electron chi connectivity index (χ4n) is 3.61. The topological polar surface area (TPSA) is 43.4 Å². The molecule has 0 amide bonds. The van der Waals surface area contributed by atoms with Gasteiger partial charge in [0.2, 0.25) is 0 Å². The molecule has 96 valence electrons. The molecule has 0 saturated carbocycles. The maximum absolute atomic E-state index is 11.9. The summed E-state index contributed by atoms with van der Waals surface area (Å²) in [7, 11) is 0. The lowest BCUT2D eigenvalue weighted by Crippen LogP contribution is -2.35. The van der Waals surface area contributed by atoms with Gasteiger partial charge in [-0.05, 0) is 24.5 Å². The first-order valence-electron chi connectivity index (χ1n) is 6.63. The van der Waals surface area contributed by atoms with Crippen molar-refractivity contribution >= 4 is 11.8 Å². The largest absolute Gasteiger partial charge is 0.431 e. The van der Waals surface area contributed by atoms with E-state index in [9.17, 15) is 9.59 Å². The average Bonchev–Trinajstić information content (AvgIpc) is 2.60. The van der Waals surface area contributed by atoms with Gasteiger partial charge in [0.05, 0.1) is 5.92 Å². The van der Waals surface area contributed by atoms with Gasteiger partial charge in [0, 0.05) is 17.3 Å². The fraction of sp³-hybridized carbons (Fsp3) is 0.600. The highest BCUT2D eigenvalue weighted by Crippen LogP contribution is 2.53. The van der Waals surface area contributed by atoms with E-state index in [1.54, 1.807) is 6.08 Å². The maximum Gasteiger partial charge on any atom is 0.314 e. The molecule has 4 unspecified atom stereocenters. The summed E-state index contributed by atoms with van der Waals surface area (Å²) in [4.78, 5) is 23.6. The van der Waals surface area contributed by atoms with Crippen LogP contribution in [0.15, 0.2) is 23.5 Å². The summed E-state index contributed by atoms with van der Waals surface area (Å²) in [5, 5.41) is 0. The number of rotatable bonds is 0. The second kappa shape index (κ2) is 3.56. The minimum absolute atomic E-state index is 0.0646. The lowest BCUT2D eigenvalue weighted by Gasteiger charge is -2.41. The van der Waals surface area contributed by atoms with Crippen LogP contribution in [-0.4, -0.2) is 11.8 Å². The van der Waals surface area contributed by atoms with Gasteiger partial charge in [0.15, 0.2) is 5.78 Å². The monoisotopic (exact) mass is 246 g/mol. The normalized spacial score (nSPS) is 42.7. The molecule has 3 heteroatoms. The molecule has 0 aromatic rings. The minimum Gasteiger partial charge on any atom is -0.431 e. The van der Waals surface area contributed by atoms with E-state index in [2.05, 4.69) is 6.92 Å². The number of carbonyl (C=O) groups is 2. The zero-order chi connectivity index (χ0) is 13.1. The van der Waals surface area contributed by atoms with Gasteiger partial charge >= 0.3 is 5.97 Å². The molecular weight excluding hydrogens is 228 g/mol. The van der Waals surface area contributed by atoms with Gasteiger partial charge in [-0.15, -0.1) is 0 Å². The average molecular weight is 246 g/mol. The van der Waals surface area contributed by atoms with Crippen LogP contribution in [0.4, 0.5) is 0 Å². The summed E-state index contributed by atoms with van der Waals surface area (Å²) in [5.41, 5.74) is 0.938. The van der Waals surface area contributed by atoms with Gasteiger partial charge in [0.25, 0.3) is 0 Å². The van der Waals surface area contributed by atoms with Crippen LogP contribution < -0.4 is 0 Å². The molecule has 0 bridgehead atoms. The molecule has 1 heterocycles. The Morgan fingerprint density at radius 1 is 1.33 bits per heavy atom. The van der Waals surface area contributed by atoms with Crippen LogP contribution >= 0.6 is 0 Å². The number of ether oxygens (including phenoxy) is 1. The van der Waals surface area contributed by atoms with Gasteiger partial charge in [-0.25, -0.2) is 0 Å².